The molecule has 0 fully saturated rings. The van der Waals surface area contributed by atoms with Gasteiger partial charge in [-0.1, -0.05) is 101 Å². The lowest BCUT2D eigenvalue weighted by molar-refractivity contribution is -0.122. The third-order valence-corrected chi connectivity index (χ3v) is 8.90. The first-order chi connectivity index (χ1) is 23.0. The molecule has 0 saturated carbocycles. The van der Waals surface area contributed by atoms with Crippen molar-refractivity contribution in [2.75, 3.05) is 0 Å². The lowest BCUT2D eigenvalue weighted by Gasteiger charge is -2.18. The maximum Gasteiger partial charge on any atom is 0.243 e. The van der Waals surface area contributed by atoms with Crippen molar-refractivity contribution in [2.24, 2.45) is 16.2 Å². The van der Waals surface area contributed by atoms with Crippen molar-refractivity contribution in [1.29, 1.82) is 5.41 Å². The minimum Gasteiger partial charge on any atom is -0.348 e. The largest absolute Gasteiger partial charge is 0.348 e. The van der Waals surface area contributed by atoms with E-state index in [4.69, 9.17) is 5.41 Å². The number of sulfonamides is 1. The van der Waals surface area contributed by atoms with Crippen LogP contribution in [0.4, 0.5) is 0 Å². The van der Waals surface area contributed by atoms with Crippen molar-refractivity contribution in [2.45, 2.75) is 147 Å². The molecule has 53 heavy (non-hydrogen) atoms. The van der Waals surface area contributed by atoms with Crippen LogP contribution >= 0.6 is 0 Å². The molecule has 10 nitrogen and oxygen atoms in total. The first-order valence-electron chi connectivity index (χ1n) is 17.0. The molecule has 0 bridgehead atoms. The van der Waals surface area contributed by atoms with Crippen molar-refractivity contribution in [3.8, 4) is 0 Å². The highest BCUT2D eigenvalue weighted by Gasteiger charge is 2.25. The summed E-state index contributed by atoms with van der Waals surface area (Å²) in [5.74, 6) is 0.157. The fourth-order valence-electron chi connectivity index (χ4n) is 2.15. The van der Waals surface area contributed by atoms with Gasteiger partial charge in [0, 0.05) is 43.9 Å². The maximum atomic E-state index is 11.0. The molecule has 0 rings (SSSR count). The van der Waals surface area contributed by atoms with Gasteiger partial charge >= 0.3 is 0 Å². The Morgan fingerprint density at radius 1 is 0.547 bits per heavy atom. The van der Waals surface area contributed by atoms with Crippen LogP contribution in [0.15, 0.2) is 74.1 Å². The summed E-state index contributed by atoms with van der Waals surface area (Å²) in [6.07, 6.45) is 7.60. The molecule has 0 aromatic carbocycles. The van der Waals surface area contributed by atoms with Crippen LogP contribution in [0, 0.1) is 21.7 Å². The van der Waals surface area contributed by atoms with E-state index in [0.29, 0.717) is 5.71 Å². The summed E-state index contributed by atoms with van der Waals surface area (Å²) in [6.45, 7) is 51.8. The van der Waals surface area contributed by atoms with Gasteiger partial charge in [0.05, 0.1) is 4.75 Å². The smallest absolute Gasteiger partial charge is 0.243 e. The van der Waals surface area contributed by atoms with Crippen molar-refractivity contribution >= 4 is 43.0 Å². The Kier molecular flexibility index (Phi) is 30.0. The number of rotatable bonds is 7. The molecule has 0 aliphatic rings. The summed E-state index contributed by atoms with van der Waals surface area (Å²) < 4.78 is 45.1. The zero-order valence-corrected chi connectivity index (χ0v) is 38.4. The van der Waals surface area contributed by atoms with Crippen LogP contribution in [-0.4, -0.2) is 55.8 Å². The third kappa shape index (κ3) is 43.1. The first kappa shape index (κ1) is 61.8. The first-order valence-corrected chi connectivity index (χ1v) is 20.1. The number of sulfone groups is 1. The molecule has 0 aliphatic carbocycles. The fraction of sp³-hybridized carbons (Fsp3) is 0.610. The minimum absolute atomic E-state index is 0.0260. The van der Waals surface area contributed by atoms with Crippen LogP contribution in [-0.2, 0) is 34.2 Å². The Balaban J connectivity index is -0.000000125. The van der Waals surface area contributed by atoms with E-state index in [2.05, 4.69) is 42.9 Å². The summed E-state index contributed by atoms with van der Waals surface area (Å²) in [7, 11) is -6.34. The summed E-state index contributed by atoms with van der Waals surface area (Å²) >= 11 is 0. The quantitative estimate of drug-likeness (QED) is 0.171. The molecule has 0 heterocycles. The van der Waals surface area contributed by atoms with Crippen molar-refractivity contribution in [3.05, 3.63) is 74.1 Å². The van der Waals surface area contributed by atoms with Crippen LogP contribution in [0.1, 0.15) is 132 Å². The molecule has 3 N–H and O–H groups in total. The number of nitrogens with one attached hydrogen (secondary N) is 3. The number of hydrogen-bond donors (Lipinski definition) is 3. The zero-order valence-electron chi connectivity index (χ0n) is 36.8. The minimum atomic E-state index is -3.26. The van der Waals surface area contributed by atoms with Gasteiger partial charge in [0.1, 0.15) is 0 Å². The standard InChI is InChI=1S/C8H14O.C7H13NO.C7H13N.C7H12O.C6H13NO2S.C6H12O2S/c1-5-6-7(9)8(2,3)4;1-5-6(9)8-7(2,3)4;2*1-5-6(8)7(2,3)4;1-5-10(8,9)7-6(2,3)4;1-5-9(7,8)6(2,3)4/h5-6H,1-4H3;5H,1H2,2-4H3,(H,8,9);5,8H,1H2,2-4H3;5H,1H2,2-4H3;5,7H,1H2,2-4H3;5H,1H2,2-4H3/b6-5+;;;;;. The molecule has 0 spiro atoms. The highest BCUT2D eigenvalue weighted by Crippen LogP contribution is 2.16. The molecular formula is C41H77N3O7S2. The number of allylic oxidation sites excluding steroid dienone is 4. The van der Waals surface area contributed by atoms with Gasteiger partial charge in [-0.3, -0.25) is 14.4 Å². The van der Waals surface area contributed by atoms with Crippen LogP contribution in [0.2, 0.25) is 0 Å². The molecule has 0 aromatic rings. The van der Waals surface area contributed by atoms with E-state index in [1.807, 2.05) is 90.0 Å². The number of ketones is 2. The van der Waals surface area contributed by atoms with Gasteiger partial charge in [-0.05, 0) is 93.5 Å². The number of carbonyl (C=O) groups excluding carboxylic acids is 3. The zero-order chi connectivity index (χ0) is 44.7. The second kappa shape index (κ2) is 25.7. The predicted molar refractivity (Wildman–Crippen MR) is 230 cm³/mol. The van der Waals surface area contributed by atoms with Gasteiger partial charge in [-0.2, -0.15) is 0 Å². The number of hydrogen-bond acceptors (Lipinski definition) is 8. The molecule has 0 aromatic heterocycles. The highest BCUT2D eigenvalue weighted by atomic mass is 32.2. The Bertz CT molecular complexity index is 1410. The average molecular weight is 788 g/mol. The lowest BCUT2D eigenvalue weighted by Crippen LogP contribution is -2.39. The molecule has 0 aliphatic heterocycles. The van der Waals surface area contributed by atoms with Crippen LogP contribution in [0.5, 0.6) is 0 Å². The molecule has 12 heteroatoms. The van der Waals surface area contributed by atoms with Crippen LogP contribution in [0.25, 0.3) is 0 Å². The summed E-state index contributed by atoms with van der Waals surface area (Å²) in [6, 6.07) is 0. The Hall–Kier alpha value is -3.22. The number of amides is 1. The third-order valence-electron chi connectivity index (χ3n) is 5.42. The maximum absolute atomic E-state index is 11.0. The molecule has 0 radical (unpaired) electrons. The van der Waals surface area contributed by atoms with Crippen LogP contribution in [0.3, 0.4) is 0 Å². The average Bonchev–Trinajstić information content (AvgIpc) is 2.93. The number of carbonyl (C=O) groups is 3. The monoisotopic (exact) mass is 788 g/mol. The van der Waals surface area contributed by atoms with E-state index in [1.54, 1.807) is 59.8 Å². The normalized spacial score (nSPS) is 11.9. The van der Waals surface area contributed by atoms with E-state index >= 15 is 0 Å². The Morgan fingerprint density at radius 2 is 0.925 bits per heavy atom. The SMILES string of the molecule is C/C=C/C(=O)C(C)(C)C.C=CC(=N)C(C)(C)C.C=CC(=O)C(C)(C)C.C=CC(=O)NC(C)(C)C.C=CS(=O)(=O)C(C)(C)C.C=CS(=O)(=O)NC(C)(C)C. The molecule has 0 atom stereocenters. The highest BCUT2D eigenvalue weighted by molar-refractivity contribution is 7.95. The second-order valence-electron chi connectivity index (χ2n) is 17.6. The van der Waals surface area contributed by atoms with Gasteiger partial charge in [0.25, 0.3) is 0 Å². The molecule has 0 unspecified atom stereocenters. The topological polar surface area (TPSA) is 167 Å². The predicted octanol–water partition coefficient (Wildman–Crippen LogP) is 9.48. The van der Waals surface area contributed by atoms with E-state index < -0.39 is 30.1 Å². The van der Waals surface area contributed by atoms with Gasteiger partial charge in [0.2, 0.25) is 15.9 Å². The fourth-order valence-corrected chi connectivity index (χ4v) is 3.59. The van der Waals surface area contributed by atoms with E-state index in [0.717, 1.165) is 10.8 Å². The van der Waals surface area contributed by atoms with Crippen molar-refractivity contribution < 1.29 is 31.2 Å². The van der Waals surface area contributed by atoms with E-state index in [-0.39, 0.29) is 39.3 Å². The Morgan fingerprint density at radius 3 is 0.981 bits per heavy atom. The van der Waals surface area contributed by atoms with Gasteiger partial charge < -0.3 is 10.7 Å². The molecule has 0 saturated heterocycles. The lowest BCUT2D eigenvalue weighted by atomic mass is 9.90. The summed E-state index contributed by atoms with van der Waals surface area (Å²) in [4.78, 5) is 32.3. The van der Waals surface area contributed by atoms with E-state index in [1.165, 1.54) is 12.2 Å². The Labute approximate surface area is 326 Å². The second-order valence-corrected chi connectivity index (χ2v) is 21.9. The van der Waals surface area contributed by atoms with Gasteiger partial charge in [-0.25, -0.2) is 21.6 Å². The van der Waals surface area contributed by atoms with Gasteiger partial charge in [-0.15, -0.1) is 0 Å². The van der Waals surface area contributed by atoms with E-state index in [9.17, 15) is 31.2 Å². The van der Waals surface area contributed by atoms with Crippen molar-refractivity contribution in [3.63, 3.8) is 0 Å². The molecule has 310 valence electrons. The molecule has 1 amide bonds. The summed E-state index contributed by atoms with van der Waals surface area (Å²) in [5, 5.41) is 11.9. The summed E-state index contributed by atoms with van der Waals surface area (Å²) in [5.41, 5.74) is -0.466. The van der Waals surface area contributed by atoms with Crippen LogP contribution < -0.4 is 10.0 Å². The van der Waals surface area contributed by atoms with Crippen molar-refractivity contribution in [1.82, 2.24) is 10.0 Å². The van der Waals surface area contributed by atoms with Gasteiger partial charge in [0.15, 0.2) is 21.4 Å². The molecular weight excluding hydrogens is 711 g/mol.